The number of rotatable bonds is 6. The molecule has 3 aromatic carbocycles. The molecule has 2 N–H and O–H groups in total. The number of hydrogen-bond donors (Lipinski definition) is 2. The van der Waals surface area contributed by atoms with Crippen molar-refractivity contribution in [2.45, 2.75) is 32.2 Å². The molecule has 2 aliphatic rings. The molecular formula is C26H25ClN2O4. The van der Waals surface area contributed by atoms with Crippen LogP contribution in [0.15, 0.2) is 60.7 Å². The second-order valence-corrected chi connectivity index (χ2v) is 8.82. The average Bonchev–Trinajstić information content (AvgIpc) is 3.48. The lowest BCUT2D eigenvalue weighted by atomic mass is 10.1. The number of carbonyl (C=O) groups excluding carboxylic acids is 1. The fourth-order valence-corrected chi connectivity index (χ4v) is 4.56. The van der Waals surface area contributed by atoms with Crippen LogP contribution in [0.5, 0.6) is 11.5 Å². The van der Waals surface area contributed by atoms with Crippen molar-refractivity contribution >= 4 is 23.2 Å². The SMILES string of the molecule is O=C(c1c(O)cc(Cl)cc1OCc1ccccc1)N1Cc2cccc(N[C@H]3CCOC3)c2C1. The number of benzene rings is 3. The zero-order valence-electron chi connectivity index (χ0n) is 18.1. The summed E-state index contributed by atoms with van der Waals surface area (Å²) in [7, 11) is 0. The minimum absolute atomic E-state index is 0.127. The maximum absolute atomic E-state index is 13.5. The zero-order valence-corrected chi connectivity index (χ0v) is 18.8. The van der Waals surface area contributed by atoms with Crippen molar-refractivity contribution in [1.82, 2.24) is 4.90 Å². The Morgan fingerprint density at radius 1 is 1.15 bits per heavy atom. The number of ether oxygens (including phenoxy) is 2. The van der Waals surface area contributed by atoms with Crippen LogP contribution in [0.3, 0.4) is 0 Å². The number of fused-ring (bicyclic) bond motifs is 1. The van der Waals surface area contributed by atoms with E-state index < -0.39 is 0 Å². The summed E-state index contributed by atoms with van der Waals surface area (Å²) >= 11 is 6.16. The van der Waals surface area contributed by atoms with E-state index in [4.69, 9.17) is 21.1 Å². The summed E-state index contributed by atoms with van der Waals surface area (Å²) in [5, 5.41) is 14.5. The van der Waals surface area contributed by atoms with Gasteiger partial charge in [-0.05, 0) is 41.3 Å². The third-order valence-corrected chi connectivity index (χ3v) is 6.28. The number of phenols is 1. The van der Waals surface area contributed by atoms with Gasteiger partial charge in [0.15, 0.2) is 0 Å². The van der Waals surface area contributed by atoms with Crippen molar-refractivity contribution in [1.29, 1.82) is 0 Å². The molecule has 0 spiro atoms. The van der Waals surface area contributed by atoms with Crippen LogP contribution < -0.4 is 10.1 Å². The molecule has 7 heteroatoms. The van der Waals surface area contributed by atoms with Crippen molar-refractivity contribution in [2.75, 3.05) is 18.5 Å². The smallest absolute Gasteiger partial charge is 0.262 e. The van der Waals surface area contributed by atoms with E-state index >= 15 is 0 Å². The van der Waals surface area contributed by atoms with Crippen LogP contribution in [-0.4, -0.2) is 35.2 Å². The highest BCUT2D eigenvalue weighted by molar-refractivity contribution is 6.31. The summed E-state index contributed by atoms with van der Waals surface area (Å²) in [5.74, 6) is -0.210. The Morgan fingerprint density at radius 3 is 2.79 bits per heavy atom. The van der Waals surface area contributed by atoms with Gasteiger partial charge in [0.2, 0.25) is 0 Å². The molecule has 0 aliphatic carbocycles. The molecule has 1 fully saturated rings. The van der Waals surface area contributed by atoms with Gasteiger partial charge in [-0.3, -0.25) is 4.79 Å². The van der Waals surface area contributed by atoms with E-state index in [1.54, 1.807) is 11.0 Å². The Bertz CT molecular complexity index is 1160. The molecule has 0 unspecified atom stereocenters. The highest BCUT2D eigenvalue weighted by Crippen LogP contribution is 2.37. The topological polar surface area (TPSA) is 71.0 Å². The number of nitrogens with zero attached hydrogens (tertiary/aromatic N) is 1. The van der Waals surface area contributed by atoms with Gasteiger partial charge in [0, 0.05) is 30.4 Å². The standard InChI is InChI=1S/C26H25ClN2O4/c27-19-11-23(30)25(24(12-19)33-15-17-5-2-1-3-6-17)26(31)29-13-18-7-4-8-22(21(18)14-29)28-20-9-10-32-16-20/h1-8,11-12,20,28,30H,9-10,13-16H2/t20-/m0/s1. The van der Waals surface area contributed by atoms with Crippen LogP contribution in [0.2, 0.25) is 5.02 Å². The number of phenolic OH excluding ortho intramolecular Hbond substituents is 1. The first-order valence-electron chi connectivity index (χ1n) is 11.0. The average molecular weight is 465 g/mol. The van der Waals surface area contributed by atoms with Gasteiger partial charge in [0.25, 0.3) is 5.91 Å². The van der Waals surface area contributed by atoms with Gasteiger partial charge in [-0.25, -0.2) is 0 Å². The summed E-state index contributed by atoms with van der Waals surface area (Å²) in [6, 6.07) is 19.0. The van der Waals surface area contributed by atoms with Crippen molar-refractivity contribution in [3.8, 4) is 11.5 Å². The third kappa shape index (κ3) is 4.63. The number of aromatic hydroxyl groups is 1. The van der Waals surface area contributed by atoms with E-state index in [1.807, 2.05) is 48.5 Å². The van der Waals surface area contributed by atoms with Gasteiger partial charge in [-0.2, -0.15) is 0 Å². The molecule has 2 heterocycles. The van der Waals surface area contributed by atoms with Crippen molar-refractivity contribution in [2.24, 2.45) is 0 Å². The van der Waals surface area contributed by atoms with Gasteiger partial charge in [-0.15, -0.1) is 0 Å². The van der Waals surface area contributed by atoms with Crippen LogP contribution in [0, 0.1) is 0 Å². The van der Waals surface area contributed by atoms with E-state index in [2.05, 4.69) is 5.32 Å². The van der Waals surface area contributed by atoms with Crippen LogP contribution in [0.25, 0.3) is 0 Å². The van der Waals surface area contributed by atoms with Crippen LogP contribution >= 0.6 is 11.6 Å². The minimum Gasteiger partial charge on any atom is -0.507 e. The maximum Gasteiger partial charge on any atom is 0.262 e. The third-order valence-electron chi connectivity index (χ3n) is 6.06. The molecule has 0 aromatic heterocycles. The molecule has 0 radical (unpaired) electrons. The van der Waals surface area contributed by atoms with Gasteiger partial charge < -0.3 is 24.8 Å². The fourth-order valence-electron chi connectivity index (χ4n) is 4.36. The van der Waals surface area contributed by atoms with Crippen molar-refractivity contribution in [3.63, 3.8) is 0 Å². The monoisotopic (exact) mass is 464 g/mol. The number of nitrogens with one attached hydrogen (secondary N) is 1. The first-order valence-corrected chi connectivity index (χ1v) is 11.4. The Kier molecular flexibility index (Phi) is 6.11. The van der Waals surface area contributed by atoms with Crippen LogP contribution in [0.4, 0.5) is 5.69 Å². The fraction of sp³-hybridized carbons (Fsp3) is 0.269. The summed E-state index contributed by atoms with van der Waals surface area (Å²) < 4.78 is 11.4. The highest BCUT2D eigenvalue weighted by Gasteiger charge is 2.31. The number of amides is 1. The number of anilines is 1. The lowest BCUT2D eigenvalue weighted by Crippen LogP contribution is -2.26. The molecule has 33 heavy (non-hydrogen) atoms. The molecule has 2 aliphatic heterocycles. The lowest BCUT2D eigenvalue weighted by Gasteiger charge is -2.20. The van der Waals surface area contributed by atoms with Crippen molar-refractivity contribution in [3.05, 3.63) is 87.9 Å². The van der Waals surface area contributed by atoms with E-state index in [1.165, 1.54) is 6.07 Å². The minimum atomic E-state index is -0.293. The van der Waals surface area contributed by atoms with E-state index in [0.29, 0.717) is 24.7 Å². The Hall–Kier alpha value is -3.22. The number of carbonyl (C=O) groups is 1. The molecular weight excluding hydrogens is 440 g/mol. The lowest BCUT2D eigenvalue weighted by molar-refractivity contribution is 0.0743. The van der Waals surface area contributed by atoms with Gasteiger partial charge >= 0.3 is 0 Å². The molecule has 0 bridgehead atoms. The van der Waals surface area contributed by atoms with Crippen molar-refractivity contribution < 1.29 is 19.4 Å². The second-order valence-electron chi connectivity index (χ2n) is 8.38. The quantitative estimate of drug-likeness (QED) is 0.538. The van der Waals surface area contributed by atoms with Crippen LogP contribution in [0.1, 0.15) is 33.5 Å². The Morgan fingerprint density at radius 2 is 2.00 bits per heavy atom. The maximum atomic E-state index is 13.5. The molecule has 0 saturated carbocycles. The molecule has 1 atom stereocenters. The first-order chi connectivity index (χ1) is 16.1. The van der Waals surface area contributed by atoms with Gasteiger partial charge in [0.05, 0.1) is 12.6 Å². The Labute approximate surface area is 197 Å². The van der Waals surface area contributed by atoms with E-state index in [0.717, 1.165) is 35.4 Å². The summed E-state index contributed by atoms with van der Waals surface area (Å²) in [4.78, 5) is 15.3. The summed E-state index contributed by atoms with van der Waals surface area (Å²) in [5.41, 5.74) is 4.29. The first kappa shape index (κ1) is 21.6. The largest absolute Gasteiger partial charge is 0.507 e. The molecule has 1 amide bonds. The second kappa shape index (κ2) is 9.33. The molecule has 3 aromatic rings. The molecule has 1 saturated heterocycles. The van der Waals surface area contributed by atoms with E-state index in [-0.39, 0.29) is 35.6 Å². The zero-order chi connectivity index (χ0) is 22.8. The summed E-state index contributed by atoms with van der Waals surface area (Å²) in [6.45, 7) is 2.63. The van der Waals surface area contributed by atoms with Gasteiger partial charge in [0.1, 0.15) is 23.7 Å². The normalized spacial score (nSPS) is 17.1. The summed E-state index contributed by atoms with van der Waals surface area (Å²) in [6.07, 6.45) is 0.965. The number of halogens is 1. The van der Waals surface area contributed by atoms with Crippen LogP contribution in [-0.2, 0) is 24.4 Å². The Balaban J connectivity index is 1.38. The van der Waals surface area contributed by atoms with E-state index in [9.17, 15) is 9.90 Å². The predicted molar refractivity (Wildman–Crippen MR) is 127 cm³/mol. The molecule has 170 valence electrons. The molecule has 6 nitrogen and oxygen atoms in total. The predicted octanol–water partition coefficient (Wildman–Crippen LogP) is 4.98. The highest BCUT2D eigenvalue weighted by atomic mass is 35.5. The molecule has 5 rings (SSSR count). The van der Waals surface area contributed by atoms with Gasteiger partial charge in [-0.1, -0.05) is 54.1 Å². The number of hydrogen-bond acceptors (Lipinski definition) is 5.